The standard InChI is InChI=1S/C16H25N5O4S2.HI/c1-3-14-12-20(9-10-26-14)16(17-2)18-7-8-19-27(24,25)15-6-4-5-13(11-15)21(22)23;/h4-6,11,14,19H,3,7-10,12H2,1-2H3,(H,17,18);1H. The van der Waals surface area contributed by atoms with E-state index in [2.05, 4.69) is 26.9 Å². The summed E-state index contributed by atoms with van der Waals surface area (Å²) in [6.07, 6.45) is 1.10. The van der Waals surface area contributed by atoms with Crippen molar-refractivity contribution in [3.63, 3.8) is 0 Å². The predicted molar refractivity (Wildman–Crippen MR) is 123 cm³/mol. The Hall–Kier alpha value is -1.12. The first-order valence-corrected chi connectivity index (χ1v) is 11.2. The van der Waals surface area contributed by atoms with Gasteiger partial charge in [-0.05, 0) is 12.5 Å². The van der Waals surface area contributed by atoms with Crippen LogP contribution in [0.3, 0.4) is 0 Å². The third-order valence-electron chi connectivity index (χ3n) is 4.14. The summed E-state index contributed by atoms with van der Waals surface area (Å²) in [5.74, 6) is 1.79. The number of nitro benzene ring substituents is 1. The fourth-order valence-corrected chi connectivity index (χ4v) is 4.95. The van der Waals surface area contributed by atoms with Gasteiger partial charge in [0, 0.05) is 56.4 Å². The zero-order chi connectivity index (χ0) is 19.9. The molecular formula is C16H26IN5O4S2. The summed E-state index contributed by atoms with van der Waals surface area (Å²) < 4.78 is 27.1. The molecule has 1 heterocycles. The number of hydrogen-bond donors (Lipinski definition) is 2. The second-order valence-corrected chi connectivity index (χ2v) is 9.15. The van der Waals surface area contributed by atoms with Crippen LogP contribution in [-0.2, 0) is 10.0 Å². The van der Waals surface area contributed by atoms with Crippen molar-refractivity contribution in [3.8, 4) is 0 Å². The van der Waals surface area contributed by atoms with Crippen LogP contribution in [0.25, 0.3) is 0 Å². The molecule has 0 spiro atoms. The first kappa shape index (κ1) is 24.9. The normalized spacial score (nSPS) is 17.7. The third-order valence-corrected chi connectivity index (χ3v) is 6.98. The molecule has 0 amide bonds. The van der Waals surface area contributed by atoms with Crippen molar-refractivity contribution in [1.82, 2.24) is 14.9 Å². The molecule has 0 bridgehead atoms. The van der Waals surface area contributed by atoms with E-state index in [-0.39, 0.29) is 41.1 Å². The Morgan fingerprint density at radius 2 is 2.18 bits per heavy atom. The Labute approximate surface area is 187 Å². The van der Waals surface area contributed by atoms with Crippen LogP contribution < -0.4 is 10.0 Å². The monoisotopic (exact) mass is 543 g/mol. The van der Waals surface area contributed by atoms with Crippen LogP contribution in [0.5, 0.6) is 0 Å². The third kappa shape index (κ3) is 7.04. The van der Waals surface area contributed by atoms with Crippen molar-refractivity contribution >= 4 is 57.4 Å². The number of halogens is 1. The van der Waals surface area contributed by atoms with E-state index in [0.717, 1.165) is 37.3 Å². The van der Waals surface area contributed by atoms with Gasteiger partial charge in [-0.1, -0.05) is 13.0 Å². The van der Waals surface area contributed by atoms with Crippen LogP contribution in [0.1, 0.15) is 13.3 Å². The van der Waals surface area contributed by atoms with Crippen LogP contribution in [0.15, 0.2) is 34.2 Å². The Balaban J connectivity index is 0.00000392. The molecule has 1 aliphatic heterocycles. The van der Waals surface area contributed by atoms with Gasteiger partial charge in [0.25, 0.3) is 5.69 Å². The fraction of sp³-hybridized carbons (Fsp3) is 0.562. The molecule has 1 aliphatic rings. The maximum atomic E-state index is 12.3. The Kier molecular flexibility index (Phi) is 10.5. The van der Waals surface area contributed by atoms with E-state index in [0.29, 0.717) is 11.8 Å². The van der Waals surface area contributed by atoms with E-state index in [9.17, 15) is 18.5 Å². The molecule has 1 unspecified atom stereocenters. The number of thioether (sulfide) groups is 1. The number of aliphatic imine (C=N–C) groups is 1. The maximum absolute atomic E-state index is 12.3. The van der Waals surface area contributed by atoms with Crippen LogP contribution in [0, 0.1) is 10.1 Å². The lowest BCUT2D eigenvalue weighted by atomic mass is 10.3. The molecule has 0 aliphatic carbocycles. The molecule has 1 saturated heterocycles. The number of guanidine groups is 1. The number of nitrogens with zero attached hydrogens (tertiary/aromatic N) is 3. The minimum atomic E-state index is -3.81. The van der Waals surface area contributed by atoms with E-state index >= 15 is 0 Å². The molecule has 158 valence electrons. The van der Waals surface area contributed by atoms with Gasteiger partial charge >= 0.3 is 0 Å². The topological polar surface area (TPSA) is 117 Å². The summed E-state index contributed by atoms with van der Waals surface area (Å²) in [4.78, 5) is 16.5. The number of non-ortho nitro benzene ring substituents is 1. The second kappa shape index (κ2) is 11.8. The van der Waals surface area contributed by atoms with Crippen molar-refractivity contribution in [2.45, 2.75) is 23.5 Å². The van der Waals surface area contributed by atoms with Gasteiger partial charge in [-0.25, -0.2) is 13.1 Å². The zero-order valence-electron chi connectivity index (χ0n) is 15.8. The average molecular weight is 543 g/mol. The lowest BCUT2D eigenvalue weighted by Gasteiger charge is -2.34. The average Bonchev–Trinajstić information content (AvgIpc) is 2.68. The molecule has 2 rings (SSSR count). The minimum absolute atomic E-state index is 0. The highest BCUT2D eigenvalue weighted by molar-refractivity contribution is 14.0. The molecule has 1 atom stereocenters. The first-order valence-electron chi connectivity index (χ1n) is 8.68. The zero-order valence-corrected chi connectivity index (χ0v) is 19.8. The van der Waals surface area contributed by atoms with Crippen LogP contribution in [-0.4, -0.2) is 68.4 Å². The minimum Gasteiger partial charge on any atom is -0.355 e. The molecule has 12 heteroatoms. The second-order valence-electron chi connectivity index (χ2n) is 5.97. The summed E-state index contributed by atoms with van der Waals surface area (Å²) in [7, 11) is -2.10. The summed E-state index contributed by atoms with van der Waals surface area (Å²) in [5, 5.41) is 14.5. The summed E-state index contributed by atoms with van der Waals surface area (Å²) in [6, 6.07) is 4.99. The van der Waals surface area contributed by atoms with Gasteiger partial charge in [-0.15, -0.1) is 24.0 Å². The number of hydrogen-bond acceptors (Lipinski definition) is 6. The molecule has 0 radical (unpaired) electrons. The van der Waals surface area contributed by atoms with Gasteiger partial charge in [0.05, 0.1) is 9.82 Å². The summed E-state index contributed by atoms with van der Waals surface area (Å²) >= 11 is 1.96. The lowest BCUT2D eigenvalue weighted by Crippen LogP contribution is -2.49. The largest absolute Gasteiger partial charge is 0.355 e. The molecule has 1 aromatic rings. The van der Waals surface area contributed by atoms with Gasteiger partial charge in [-0.3, -0.25) is 15.1 Å². The first-order chi connectivity index (χ1) is 12.9. The molecule has 1 aromatic carbocycles. The van der Waals surface area contributed by atoms with Gasteiger partial charge < -0.3 is 10.2 Å². The molecule has 28 heavy (non-hydrogen) atoms. The van der Waals surface area contributed by atoms with Crippen LogP contribution in [0.2, 0.25) is 0 Å². The summed E-state index contributed by atoms with van der Waals surface area (Å²) in [5.41, 5.74) is -0.259. The van der Waals surface area contributed by atoms with Crippen molar-refractivity contribution < 1.29 is 13.3 Å². The van der Waals surface area contributed by atoms with Gasteiger partial charge in [0.2, 0.25) is 10.0 Å². The lowest BCUT2D eigenvalue weighted by molar-refractivity contribution is -0.385. The Morgan fingerprint density at radius 1 is 1.43 bits per heavy atom. The highest BCUT2D eigenvalue weighted by Gasteiger charge is 2.21. The summed E-state index contributed by atoms with van der Waals surface area (Å²) in [6.45, 7) is 4.49. The van der Waals surface area contributed by atoms with Crippen molar-refractivity contribution in [2.75, 3.05) is 39.0 Å². The predicted octanol–water partition coefficient (Wildman–Crippen LogP) is 1.89. The van der Waals surface area contributed by atoms with E-state index in [1.165, 1.54) is 18.2 Å². The molecule has 0 aromatic heterocycles. The number of rotatable bonds is 7. The van der Waals surface area contributed by atoms with Crippen LogP contribution >= 0.6 is 35.7 Å². The van der Waals surface area contributed by atoms with Crippen molar-refractivity contribution in [1.29, 1.82) is 0 Å². The number of nitrogens with one attached hydrogen (secondary N) is 2. The highest BCUT2D eigenvalue weighted by Crippen LogP contribution is 2.21. The van der Waals surface area contributed by atoms with Gasteiger partial charge in [0.15, 0.2) is 5.96 Å². The van der Waals surface area contributed by atoms with Crippen molar-refractivity contribution in [3.05, 3.63) is 34.4 Å². The molecule has 2 N–H and O–H groups in total. The SMILES string of the molecule is CCC1CN(C(=NC)NCCNS(=O)(=O)c2cccc([N+](=O)[O-])c2)CCS1.I. The quantitative estimate of drug-likeness (QED) is 0.135. The van der Waals surface area contributed by atoms with Crippen LogP contribution in [0.4, 0.5) is 5.69 Å². The highest BCUT2D eigenvalue weighted by atomic mass is 127. The Bertz CT molecular complexity index is 791. The molecule has 1 fully saturated rings. The van der Waals surface area contributed by atoms with E-state index in [1.807, 2.05) is 11.8 Å². The number of nitro groups is 1. The fourth-order valence-electron chi connectivity index (χ4n) is 2.70. The number of sulfonamides is 1. The van der Waals surface area contributed by atoms with Gasteiger partial charge in [0.1, 0.15) is 0 Å². The molecular weight excluding hydrogens is 517 g/mol. The number of benzene rings is 1. The van der Waals surface area contributed by atoms with E-state index in [4.69, 9.17) is 0 Å². The van der Waals surface area contributed by atoms with Gasteiger partial charge in [-0.2, -0.15) is 11.8 Å². The van der Waals surface area contributed by atoms with E-state index in [1.54, 1.807) is 7.05 Å². The maximum Gasteiger partial charge on any atom is 0.270 e. The molecule has 0 saturated carbocycles. The Morgan fingerprint density at radius 3 is 2.82 bits per heavy atom. The molecule has 9 nitrogen and oxygen atoms in total. The smallest absolute Gasteiger partial charge is 0.270 e. The van der Waals surface area contributed by atoms with E-state index < -0.39 is 14.9 Å². The van der Waals surface area contributed by atoms with Crippen molar-refractivity contribution in [2.24, 2.45) is 4.99 Å².